The molecule has 0 saturated carbocycles. The van der Waals surface area contributed by atoms with Gasteiger partial charge in [0.1, 0.15) is 0 Å². The number of hydrogen-bond donors (Lipinski definition) is 2. The highest BCUT2D eigenvalue weighted by molar-refractivity contribution is 5.63. The van der Waals surface area contributed by atoms with Gasteiger partial charge in [-0.05, 0) is 32.1 Å². The number of nitrogens with zero attached hydrogens (tertiary/aromatic N) is 1. The largest absolute Gasteiger partial charge is 0.463 e. The highest BCUT2D eigenvalue weighted by atomic mass is 16.6. The Morgan fingerprint density at radius 3 is 3.00 bits per heavy atom. The topological polar surface area (TPSA) is 70.0 Å². The SMILES string of the molecule is C[C@@H](C[C@H]1CCCCOC1)N(O)C(=O)O. The Hall–Kier alpha value is -0.810. The molecule has 0 aliphatic carbocycles. The van der Waals surface area contributed by atoms with Crippen molar-refractivity contribution in [3.63, 3.8) is 0 Å². The molecule has 1 fully saturated rings. The molecule has 1 heterocycles. The number of amides is 1. The molecular formula is C10H19NO4. The Bertz CT molecular complexity index is 202. The number of hydroxylamine groups is 2. The number of ether oxygens (including phenoxy) is 1. The molecule has 1 aliphatic rings. The molecule has 0 bridgehead atoms. The van der Waals surface area contributed by atoms with E-state index < -0.39 is 6.09 Å². The van der Waals surface area contributed by atoms with E-state index in [-0.39, 0.29) is 6.04 Å². The molecular weight excluding hydrogens is 198 g/mol. The predicted octanol–water partition coefficient (Wildman–Crippen LogP) is 1.95. The van der Waals surface area contributed by atoms with Gasteiger partial charge in [-0.15, -0.1) is 0 Å². The second-order valence-corrected chi connectivity index (χ2v) is 4.15. The monoisotopic (exact) mass is 217 g/mol. The van der Waals surface area contributed by atoms with Gasteiger partial charge < -0.3 is 9.84 Å². The van der Waals surface area contributed by atoms with Gasteiger partial charge in [0.2, 0.25) is 0 Å². The van der Waals surface area contributed by atoms with E-state index >= 15 is 0 Å². The minimum atomic E-state index is -1.29. The summed E-state index contributed by atoms with van der Waals surface area (Å²) in [5, 5.41) is 18.2. The van der Waals surface area contributed by atoms with Gasteiger partial charge in [0.15, 0.2) is 0 Å². The maximum atomic E-state index is 10.5. The molecule has 15 heavy (non-hydrogen) atoms. The minimum absolute atomic E-state index is 0.358. The third-order valence-electron chi connectivity index (χ3n) is 2.79. The molecule has 0 radical (unpaired) electrons. The Morgan fingerprint density at radius 2 is 2.33 bits per heavy atom. The second kappa shape index (κ2) is 5.92. The molecule has 88 valence electrons. The summed E-state index contributed by atoms with van der Waals surface area (Å²) in [6.45, 7) is 3.18. The molecule has 1 aliphatic heterocycles. The van der Waals surface area contributed by atoms with E-state index in [2.05, 4.69) is 0 Å². The van der Waals surface area contributed by atoms with Crippen LogP contribution in [0, 0.1) is 5.92 Å². The summed E-state index contributed by atoms with van der Waals surface area (Å²) in [4.78, 5) is 10.5. The summed E-state index contributed by atoms with van der Waals surface area (Å²) in [5.41, 5.74) is 0. The molecule has 0 aromatic heterocycles. The van der Waals surface area contributed by atoms with Crippen LogP contribution in [0.25, 0.3) is 0 Å². The van der Waals surface area contributed by atoms with Crippen molar-refractivity contribution in [1.82, 2.24) is 5.06 Å². The third kappa shape index (κ3) is 4.05. The fraction of sp³-hybridized carbons (Fsp3) is 0.900. The van der Waals surface area contributed by atoms with Crippen molar-refractivity contribution in [2.24, 2.45) is 5.92 Å². The van der Waals surface area contributed by atoms with Gasteiger partial charge in [-0.25, -0.2) is 4.79 Å². The molecule has 5 heteroatoms. The second-order valence-electron chi connectivity index (χ2n) is 4.15. The maximum absolute atomic E-state index is 10.5. The van der Waals surface area contributed by atoms with Gasteiger partial charge in [-0.3, -0.25) is 5.21 Å². The third-order valence-corrected chi connectivity index (χ3v) is 2.79. The van der Waals surface area contributed by atoms with E-state index in [0.717, 1.165) is 25.9 Å². The van der Waals surface area contributed by atoms with E-state index in [1.165, 1.54) is 0 Å². The van der Waals surface area contributed by atoms with Crippen LogP contribution in [0.2, 0.25) is 0 Å². The fourth-order valence-electron chi connectivity index (χ4n) is 1.93. The first-order valence-corrected chi connectivity index (χ1v) is 5.40. The Labute approximate surface area is 89.6 Å². The van der Waals surface area contributed by atoms with E-state index in [1.807, 2.05) is 0 Å². The van der Waals surface area contributed by atoms with Crippen molar-refractivity contribution in [2.45, 2.75) is 38.6 Å². The average molecular weight is 217 g/mol. The summed E-state index contributed by atoms with van der Waals surface area (Å²) in [5.74, 6) is 0.358. The van der Waals surface area contributed by atoms with Crippen molar-refractivity contribution in [3.05, 3.63) is 0 Å². The molecule has 0 aromatic carbocycles. The number of carbonyl (C=O) groups is 1. The molecule has 0 aromatic rings. The van der Waals surface area contributed by atoms with E-state index in [4.69, 9.17) is 9.84 Å². The van der Waals surface area contributed by atoms with Crippen LogP contribution in [0.3, 0.4) is 0 Å². The van der Waals surface area contributed by atoms with Crippen LogP contribution in [0.4, 0.5) is 4.79 Å². The number of carboxylic acid groups (broad SMARTS) is 1. The predicted molar refractivity (Wildman–Crippen MR) is 53.9 cm³/mol. The molecule has 2 atom stereocenters. The first-order chi connectivity index (χ1) is 7.11. The van der Waals surface area contributed by atoms with Crippen molar-refractivity contribution < 1.29 is 19.8 Å². The van der Waals surface area contributed by atoms with E-state index in [0.29, 0.717) is 24.0 Å². The molecule has 1 rings (SSSR count). The first-order valence-electron chi connectivity index (χ1n) is 5.40. The molecule has 1 amide bonds. The van der Waals surface area contributed by atoms with Gasteiger partial charge in [0, 0.05) is 13.2 Å². The van der Waals surface area contributed by atoms with Gasteiger partial charge in [0.25, 0.3) is 0 Å². The van der Waals surface area contributed by atoms with E-state index in [1.54, 1.807) is 6.92 Å². The van der Waals surface area contributed by atoms with Crippen LogP contribution >= 0.6 is 0 Å². The van der Waals surface area contributed by atoms with Crippen LogP contribution in [0.5, 0.6) is 0 Å². The summed E-state index contributed by atoms with van der Waals surface area (Å²) in [7, 11) is 0. The summed E-state index contributed by atoms with van der Waals surface area (Å²) in [6, 6.07) is -0.366. The summed E-state index contributed by atoms with van der Waals surface area (Å²) in [6.07, 6.45) is 2.61. The highest BCUT2D eigenvalue weighted by Crippen LogP contribution is 2.20. The molecule has 0 spiro atoms. The standard InChI is InChI=1S/C10H19NO4/c1-8(11(14)10(12)13)6-9-4-2-3-5-15-7-9/h8-9,14H,2-7H2,1H3,(H,12,13)/t8-,9+/m0/s1. The van der Waals surface area contributed by atoms with Crippen molar-refractivity contribution in [3.8, 4) is 0 Å². The van der Waals surface area contributed by atoms with Crippen LogP contribution in [-0.2, 0) is 4.74 Å². The minimum Gasteiger partial charge on any atom is -0.463 e. The van der Waals surface area contributed by atoms with Gasteiger partial charge in [0.05, 0.1) is 6.04 Å². The van der Waals surface area contributed by atoms with Gasteiger partial charge >= 0.3 is 6.09 Å². The summed E-state index contributed by atoms with van der Waals surface area (Å²) >= 11 is 0. The lowest BCUT2D eigenvalue weighted by Crippen LogP contribution is -2.36. The molecule has 2 N–H and O–H groups in total. The van der Waals surface area contributed by atoms with Crippen LogP contribution in [0.1, 0.15) is 32.6 Å². The summed E-state index contributed by atoms with van der Waals surface area (Å²) < 4.78 is 5.40. The average Bonchev–Trinajstić information content (AvgIpc) is 2.45. The first kappa shape index (κ1) is 12.3. The van der Waals surface area contributed by atoms with Crippen LogP contribution in [0.15, 0.2) is 0 Å². The highest BCUT2D eigenvalue weighted by Gasteiger charge is 2.22. The maximum Gasteiger partial charge on any atom is 0.431 e. The molecule has 1 saturated heterocycles. The normalized spacial score (nSPS) is 24.3. The lowest BCUT2D eigenvalue weighted by molar-refractivity contribution is -0.0979. The molecule has 5 nitrogen and oxygen atoms in total. The Balaban J connectivity index is 2.35. The number of hydrogen-bond acceptors (Lipinski definition) is 3. The quantitative estimate of drug-likeness (QED) is 0.560. The number of rotatable bonds is 3. The zero-order valence-electron chi connectivity index (χ0n) is 9.06. The van der Waals surface area contributed by atoms with Crippen molar-refractivity contribution in [1.29, 1.82) is 0 Å². The van der Waals surface area contributed by atoms with Gasteiger partial charge in [-0.2, -0.15) is 5.06 Å². The molecule has 0 unspecified atom stereocenters. The van der Waals surface area contributed by atoms with Crippen LogP contribution in [-0.4, -0.2) is 40.7 Å². The zero-order chi connectivity index (χ0) is 11.3. The van der Waals surface area contributed by atoms with E-state index in [9.17, 15) is 10.0 Å². The lowest BCUT2D eigenvalue weighted by Gasteiger charge is -2.23. The van der Waals surface area contributed by atoms with Crippen molar-refractivity contribution >= 4 is 6.09 Å². The fourth-order valence-corrected chi connectivity index (χ4v) is 1.93. The van der Waals surface area contributed by atoms with Crippen molar-refractivity contribution in [2.75, 3.05) is 13.2 Å². The Kier molecular flexibility index (Phi) is 4.84. The zero-order valence-corrected chi connectivity index (χ0v) is 9.06. The smallest absolute Gasteiger partial charge is 0.431 e. The lowest BCUT2D eigenvalue weighted by atomic mass is 9.96. The Morgan fingerprint density at radius 1 is 1.60 bits per heavy atom. The van der Waals surface area contributed by atoms with Crippen LogP contribution < -0.4 is 0 Å². The van der Waals surface area contributed by atoms with Gasteiger partial charge in [-0.1, -0.05) is 6.42 Å².